The molecule has 0 aromatic carbocycles. The Morgan fingerprint density at radius 2 is 1.90 bits per heavy atom. The van der Waals surface area contributed by atoms with Gasteiger partial charge in [-0.3, -0.25) is 9.69 Å². The van der Waals surface area contributed by atoms with Gasteiger partial charge in [0.25, 0.3) is 0 Å². The summed E-state index contributed by atoms with van der Waals surface area (Å²) >= 11 is 0. The van der Waals surface area contributed by atoms with Crippen molar-refractivity contribution in [1.82, 2.24) is 14.7 Å². The molecule has 2 fully saturated rings. The van der Waals surface area contributed by atoms with E-state index in [1.165, 1.54) is 0 Å². The molecule has 0 aromatic heterocycles. The summed E-state index contributed by atoms with van der Waals surface area (Å²) in [6.45, 7) is 7.97. The summed E-state index contributed by atoms with van der Waals surface area (Å²) < 4.78 is 0. The molecule has 0 bridgehead atoms. The molecule has 2 unspecified atom stereocenters. The Kier molecular flexibility index (Phi) is 5.81. The Hall–Kier alpha value is -0.650. The number of nitrogens with zero attached hydrogens (tertiary/aromatic N) is 3. The summed E-state index contributed by atoms with van der Waals surface area (Å²) in [5.74, 6) is 0.294. The number of hydrogen-bond donors (Lipinski definition) is 1. The first-order valence-corrected chi connectivity index (χ1v) is 8.04. The lowest BCUT2D eigenvalue weighted by atomic mass is 10.1. The van der Waals surface area contributed by atoms with Crippen molar-refractivity contribution in [3.05, 3.63) is 0 Å². The van der Waals surface area contributed by atoms with Crippen LogP contribution < -0.4 is 5.73 Å². The van der Waals surface area contributed by atoms with Gasteiger partial charge < -0.3 is 15.5 Å². The van der Waals surface area contributed by atoms with E-state index < -0.39 is 0 Å². The molecule has 2 saturated heterocycles. The first-order chi connectivity index (χ1) is 9.61. The van der Waals surface area contributed by atoms with Gasteiger partial charge in [0.15, 0.2) is 0 Å². The van der Waals surface area contributed by atoms with Crippen LogP contribution in [-0.4, -0.2) is 79.0 Å². The number of likely N-dealkylation sites (tertiary alicyclic amines) is 1. The highest BCUT2D eigenvalue weighted by molar-refractivity contribution is 5.77. The zero-order chi connectivity index (χ0) is 14.5. The van der Waals surface area contributed by atoms with Crippen LogP contribution in [0.2, 0.25) is 0 Å². The molecule has 0 spiro atoms. The highest BCUT2D eigenvalue weighted by atomic mass is 16.2. The van der Waals surface area contributed by atoms with Crippen LogP contribution in [0.5, 0.6) is 0 Å². The minimum Gasteiger partial charge on any atom is -0.343 e. The van der Waals surface area contributed by atoms with E-state index in [2.05, 4.69) is 23.8 Å². The van der Waals surface area contributed by atoms with Gasteiger partial charge in [0, 0.05) is 51.2 Å². The summed E-state index contributed by atoms with van der Waals surface area (Å²) in [6.07, 6.45) is 4.06. The maximum Gasteiger partial charge on any atom is 0.224 e. The maximum absolute atomic E-state index is 12.3. The Bertz CT molecular complexity index is 317. The minimum absolute atomic E-state index is 0.199. The average molecular weight is 282 g/mol. The molecule has 116 valence electrons. The number of likely N-dealkylation sites (N-methyl/N-ethyl adjacent to an activating group) is 1. The summed E-state index contributed by atoms with van der Waals surface area (Å²) in [5, 5.41) is 0. The zero-order valence-corrected chi connectivity index (χ0v) is 13.1. The van der Waals surface area contributed by atoms with Gasteiger partial charge in [-0.15, -0.1) is 0 Å². The maximum atomic E-state index is 12.3. The molecule has 0 aromatic rings. The van der Waals surface area contributed by atoms with E-state index in [0.29, 0.717) is 24.9 Å². The summed E-state index contributed by atoms with van der Waals surface area (Å²) in [7, 11) is 2.17. The summed E-state index contributed by atoms with van der Waals surface area (Å²) in [6, 6.07) is 0.673. The number of carbonyl (C=O) groups is 1. The lowest BCUT2D eigenvalue weighted by Gasteiger charge is -2.35. The Balaban J connectivity index is 1.93. The molecule has 20 heavy (non-hydrogen) atoms. The molecular weight excluding hydrogens is 252 g/mol. The Morgan fingerprint density at radius 1 is 1.20 bits per heavy atom. The molecule has 0 saturated carbocycles. The van der Waals surface area contributed by atoms with Gasteiger partial charge in [-0.05, 0) is 39.8 Å². The predicted octanol–water partition coefficient (Wildman–Crippen LogP) is 0.352. The van der Waals surface area contributed by atoms with Gasteiger partial charge in [0.2, 0.25) is 5.91 Å². The van der Waals surface area contributed by atoms with Gasteiger partial charge in [-0.1, -0.05) is 0 Å². The van der Waals surface area contributed by atoms with Crippen LogP contribution in [-0.2, 0) is 4.79 Å². The van der Waals surface area contributed by atoms with Crippen LogP contribution >= 0.6 is 0 Å². The van der Waals surface area contributed by atoms with E-state index in [1.54, 1.807) is 0 Å². The van der Waals surface area contributed by atoms with Gasteiger partial charge >= 0.3 is 0 Å². The highest BCUT2D eigenvalue weighted by Gasteiger charge is 2.29. The quantitative estimate of drug-likeness (QED) is 0.808. The number of nitrogens with two attached hydrogens (primary N) is 1. The molecule has 5 nitrogen and oxygen atoms in total. The SMILES string of the molecule is CC1CN(C)CCCN1C(CN)CC(=O)N1CCCC1. The second kappa shape index (κ2) is 7.38. The fourth-order valence-electron chi connectivity index (χ4n) is 3.57. The molecule has 2 aliphatic heterocycles. The van der Waals surface area contributed by atoms with Gasteiger partial charge in [0.05, 0.1) is 0 Å². The van der Waals surface area contributed by atoms with Crippen molar-refractivity contribution in [2.75, 3.05) is 46.3 Å². The summed E-state index contributed by atoms with van der Waals surface area (Å²) in [4.78, 5) is 19.2. The van der Waals surface area contributed by atoms with Crippen molar-refractivity contribution >= 4 is 5.91 Å². The molecule has 2 aliphatic rings. The van der Waals surface area contributed by atoms with Crippen LogP contribution in [0, 0.1) is 0 Å². The molecule has 5 heteroatoms. The summed E-state index contributed by atoms with van der Waals surface area (Å²) in [5.41, 5.74) is 5.97. The lowest BCUT2D eigenvalue weighted by molar-refractivity contribution is -0.131. The topological polar surface area (TPSA) is 52.8 Å². The van der Waals surface area contributed by atoms with Gasteiger partial charge in [0.1, 0.15) is 0 Å². The van der Waals surface area contributed by atoms with E-state index in [-0.39, 0.29) is 6.04 Å². The highest BCUT2D eigenvalue weighted by Crippen LogP contribution is 2.17. The smallest absolute Gasteiger partial charge is 0.224 e. The molecule has 2 rings (SSSR count). The largest absolute Gasteiger partial charge is 0.343 e. The van der Waals surface area contributed by atoms with Crippen LogP contribution in [0.15, 0.2) is 0 Å². The van der Waals surface area contributed by atoms with Gasteiger partial charge in [-0.25, -0.2) is 0 Å². The normalized spacial score (nSPS) is 27.6. The first-order valence-electron chi connectivity index (χ1n) is 8.04. The number of hydrogen-bond acceptors (Lipinski definition) is 4. The molecule has 0 aliphatic carbocycles. The third kappa shape index (κ3) is 3.93. The number of amides is 1. The number of carbonyl (C=O) groups excluding carboxylic acids is 1. The second-order valence-corrected chi connectivity index (χ2v) is 6.38. The van der Waals surface area contributed by atoms with E-state index in [0.717, 1.165) is 52.0 Å². The fraction of sp³-hybridized carbons (Fsp3) is 0.933. The van der Waals surface area contributed by atoms with Crippen LogP contribution in [0.1, 0.15) is 32.6 Å². The van der Waals surface area contributed by atoms with Crippen molar-refractivity contribution < 1.29 is 4.79 Å². The first kappa shape index (κ1) is 15.7. The standard InChI is InChI=1S/C15H30N4O/c1-13-12-17(2)6-5-9-19(13)14(11-16)10-15(20)18-7-3-4-8-18/h13-14H,3-12,16H2,1-2H3. The third-order valence-corrected chi connectivity index (χ3v) is 4.71. The molecule has 2 N–H and O–H groups in total. The Labute approximate surface area is 123 Å². The molecule has 2 heterocycles. The van der Waals surface area contributed by atoms with Gasteiger partial charge in [-0.2, -0.15) is 0 Å². The van der Waals surface area contributed by atoms with E-state index in [4.69, 9.17) is 5.73 Å². The zero-order valence-electron chi connectivity index (χ0n) is 13.1. The monoisotopic (exact) mass is 282 g/mol. The fourth-order valence-corrected chi connectivity index (χ4v) is 3.57. The predicted molar refractivity (Wildman–Crippen MR) is 81.6 cm³/mol. The van der Waals surface area contributed by atoms with E-state index in [1.807, 2.05) is 4.90 Å². The number of rotatable bonds is 4. The second-order valence-electron chi connectivity index (χ2n) is 6.38. The van der Waals surface area contributed by atoms with Crippen LogP contribution in [0.25, 0.3) is 0 Å². The Morgan fingerprint density at radius 3 is 2.55 bits per heavy atom. The third-order valence-electron chi connectivity index (χ3n) is 4.71. The van der Waals surface area contributed by atoms with Crippen LogP contribution in [0.4, 0.5) is 0 Å². The lowest BCUT2D eigenvalue weighted by Crippen LogP contribution is -2.49. The van der Waals surface area contributed by atoms with Crippen molar-refractivity contribution in [3.8, 4) is 0 Å². The van der Waals surface area contributed by atoms with Crippen LogP contribution in [0.3, 0.4) is 0 Å². The van der Waals surface area contributed by atoms with Crippen molar-refractivity contribution in [3.63, 3.8) is 0 Å². The molecule has 0 radical (unpaired) electrons. The molecular formula is C15H30N4O. The molecule has 1 amide bonds. The average Bonchev–Trinajstić information content (AvgIpc) is 2.89. The van der Waals surface area contributed by atoms with E-state index in [9.17, 15) is 4.79 Å². The van der Waals surface area contributed by atoms with Crippen molar-refractivity contribution in [2.45, 2.75) is 44.7 Å². The minimum atomic E-state index is 0.199. The van der Waals surface area contributed by atoms with E-state index >= 15 is 0 Å². The molecule has 2 atom stereocenters. The van der Waals surface area contributed by atoms with Crippen molar-refractivity contribution in [2.24, 2.45) is 5.73 Å². The van der Waals surface area contributed by atoms with Crippen molar-refractivity contribution in [1.29, 1.82) is 0 Å².